The minimum absolute atomic E-state index is 0.0479. The van der Waals surface area contributed by atoms with Gasteiger partial charge in [-0.25, -0.2) is 4.98 Å². The number of carbonyl (C=O) groups excluding carboxylic acids is 1. The van der Waals surface area contributed by atoms with Gasteiger partial charge in [0.25, 0.3) is 0 Å². The molecule has 0 aromatic carbocycles. The minimum atomic E-state index is -0.0479. The fourth-order valence-corrected chi connectivity index (χ4v) is 0.913. The zero-order chi connectivity index (χ0) is 9.14. The van der Waals surface area contributed by atoms with E-state index in [4.69, 9.17) is 4.74 Å². The van der Waals surface area contributed by atoms with Crippen molar-refractivity contribution in [3.05, 3.63) is 23.4 Å². The van der Waals surface area contributed by atoms with Gasteiger partial charge in [0.2, 0.25) is 5.88 Å². The molecule has 0 aliphatic heterocycles. The van der Waals surface area contributed by atoms with Gasteiger partial charge in [0.05, 0.1) is 7.11 Å². The maximum atomic E-state index is 10.9. The van der Waals surface area contributed by atoms with Crippen LogP contribution in [0.15, 0.2) is 12.1 Å². The number of pyridine rings is 1. The summed E-state index contributed by atoms with van der Waals surface area (Å²) >= 11 is 0. The summed E-state index contributed by atoms with van der Waals surface area (Å²) in [4.78, 5) is 14.9. The molecule has 0 aliphatic carbocycles. The quantitative estimate of drug-likeness (QED) is 0.625. The van der Waals surface area contributed by atoms with Crippen LogP contribution in [0, 0.1) is 6.92 Å². The third kappa shape index (κ3) is 1.61. The number of nitrogens with zero attached hydrogens (tertiary/aromatic N) is 1. The number of ketones is 1. The zero-order valence-corrected chi connectivity index (χ0v) is 7.42. The molecule has 0 unspecified atom stereocenters. The molecule has 1 rings (SSSR count). The zero-order valence-electron chi connectivity index (χ0n) is 7.42. The summed E-state index contributed by atoms with van der Waals surface area (Å²) in [7, 11) is 1.54. The van der Waals surface area contributed by atoms with Crippen molar-refractivity contribution in [3.63, 3.8) is 0 Å². The van der Waals surface area contributed by atoms with Gasteiger partial charge >= 0.3 is 0 Å². The molecule has 0 spiro atoms. The van der Waals surface area contributed by atoms with Crippen molar-refractivity contribution >= 4 is 5.78 Å². The van der Waals surface area contributed by atoms with E-state index < -0.39 is 0 Å². The smallest absolute Gasteiger partial charge is 0.216 e. The molecule has 1 aromatic rings. The summed E-state index contributed by atoms with van der Waals surface area (Å²) in [5.74, 6) is 0.469. The van der Waals surface area contributed by atoms with Gasteiger partial charge in [-0.05, 0) is 13.0 Å². The van der Waals surface area contributed by atoms with Gasteiger partial charge in [-0.2, -0.15) is 0 Å². The van der Waals surface area contributed by atoms with Crippen molar-refractivity contribution < 1.29 is 9.53 Å². The average molecular weight is 165 g/mol. The van der Waals surface area contributed by atoms with Crippen LogP contribution in [-0.2, 0) is 0 Å². The molecule has 0 radical (unpaired) electrons. The Morgan fingerprint density at radius 2 is 2.17 bits per heavy atom. The Hall–Kier alpha value is -1.38. The van der Waals surface area contributed by atoms with Crippen LogP contribution in [0.25, 0.3) is 0 Å². The summed E-state index contributed by atoms with van der Waals surface area (Å²) in [6, 6.07) is 3.52. The molecule has 0 bridgehead atoms. The molecule has 0 atom stereocenters. The number of aryl methyl sites for hydroxylation is 1. The van der Waals surface area contributed by atoms with Crippen LogP contribution in [0.4, 0.5) is 0 Å². The summed E-state index contributed by atoms with van der Waals surface area (Å²) in [6.45, 7) is 3.37. The second kappa shape index (κ2) is 3.34. The van der Waals surface area contributed by atoms with Crippen LogP contribution in [0.3, 0.4) is 0 Å². The summed E-state index contributed by atoms with van der Waals surface area (Å²) in [5.41, 5.74) is 1.37. The number of Topliss-reactive ketones (excluding diaryl/α,β-unsaturated/α-hetero) is 1. The molecule has 0 saturated heterocycles. The van der Waals surface area contributed by atoms with E-state index in [1.54, 1.807) is 13.2 Å². The van der Waals surface area contributed by atoms with Crippen molar-refractivity contribution in [1.29, 1.82) is 0 Å². The van der Waals surface area contributed by atoms with Gasteiger partial charge < -0.3 is 4.74 Å². The molecule has 3 heteroatoms. The second-order valence-corrected chi connectivity index (χ2v) is 2.58. The van der Waals surface area contributed by atoms with E-state index >= 15 is 0 Å². The lowest BCUT2D eigenvalue weighted by Crippen LogP contribution is -1.99. The Kier molecular flexibility index (Phi) is 2.43. The summed E-state index contributed by atoms with van der Waals surface area (Å²) in [6.07, 6.45) is 0. The number of carbonyl (C=O) groups is 1. The van der Waals surface area contributed by atoms with Crippen molar-refractivity contribution in [2.45, 2.75) is 13.8 Å². The monoisotopic (exact) mass is 165 g/mol. The molecule has 0 fully saturated rings. The van der Waals surface area contributed by atoms with Crippen molar-refractivity contribution in [1.82, 2.24) is 4.98 Å². The molecule has 0 N–H and O–H groups in total. The van der Waals surface area contributed by atoms with Gasteiger partial charge in [0.1, 0.15) is 5.69 Å². The SMILES string of the molecule is COc1nc(C(C)=O)ccc1C. The first-order valence-corrected chi connectivity index (χ1v) is 3.67. The maximum absolute atomic E-state index is 10.9. The highest BCUT2D eigenvalue weighted by Crippen LogP contribution is 2.13. The lowest BCUT2D eigenvalue weighted by molar-refractivity contribution is 0.101. The number of hydrogen-bond donors (Lipinski definition) is 0. The third-order valence-electron chi connectivity index (χ3n) is 1.60. The van der Waals surface area contributed by atoms with E-state index in [0.717, 1.165) is 5.56 Å². The van der Waals surface area contributed by atoms with E-state index in [1.165, 1.54) is 6.92 Å². The van der Waals surface area contributed by atoms with Gasteiger partial charge in [-0.1, -0.05) is 6.07 Å². The van der Waals surface area contributed by atoms with E-state index in [2.05, 4.69) is 4.98 Å². The lowest BCUT2D eigenvalue weighted by atomic mass is 10.2. The number of ether oxygens (including phenoxy) is 1. The van der Waals surface area contributed by atoms with Crippen molar-refractivity contribution in [2.24, 2.45) is 0 Å². The Balaban J connectivity index is 3.13. The molecule has 1 aromatic heterocycles. The Bertz CT molecular complexity index is 307. The van der Waals surface area contributed by atoms with Crippen LogP contribution in [0.2, 0.25) is 0 Å². The molecule has 1 heterocycles. The molecular weight excluding hydrogens is 154 g/mol. The van der Waals surface area contributed by atoms with Crippen molar-refractivity contribution in [2.75, 3.05) is 7.11 Å². The predicted molar refractivity (Wildman–Crippen MR) is 45.5 cm³/mol. The Labute approximate surface area is 71.4 Å². The van der Waals surface area contributed by atoms with Crippen LogP contribution < -0.4 is 4.74 Å². The topological polar surface area (TPSA) is 39.2 Å². The fraction of sp³-hybridized carbons (Fsp3) is 0.333. The molecule has 0 amide bonds. The van der Waals surface area contributed by atoms with Crippen LogP contribution in [0.5, 0.6) is 5.88 Å². The van der Waals surface area contributed by atoms with Crippen LogP contribution in [-0.4, -0.2) is 17.9 Å². The normalized spacial score (nSPS) is 9.58. The van der Waals surface area contributed by atoms with Crippen molar-refractivity contribution in [3.8, 4) is 5.88 Å². The first-order chi connectivity index (χ1) is 5.65. The molecule has 64 valence electrons. The highest BCUT2D eigenvalue weighted by molar-refractivity contribution is 5.92. The second-order valence-electron chi connectivity index (χ2n) is 2.58. The molecule has 12 heavy (non-hydrogen) atoms. The molecule has 3 nitrogen and oxygen atoms in total. The Morgan fingerprint density at radius 3 is 2.67 bits per heavy atom. The van der Waals surface area contributed by atoms with E-state index in [-0.39, 0.29) is 5.78 Å². The Morgan fingerprint density at radius 1 is 1.50 bits per heavy atom. The number of methoxy groups -OCH3 is 1. The summed E-state index contributed by atoms with van der Waals surface area (Å²) < 4.78 is 4.97. The number of rotatable bonds is 2. The van der Waals surface area contributed by atoms with Gasteiger partial charge in [0.15, 0.2) is 5.78 Å². The van der Waals surface area contributed by atoms with E-state index in [0.29, 0.717) is 11.6 Å². The maximum Gasteiger partial charge on any atom is 0.216 e. The third-order valence-corrected chi connectivity index (χ3v) is 1.60. The fourth-order valence-electron chi connectivity index (χ4n) is 0.913. The van der Waals surface area contributed by atoms with Crippen LogP contribution >= 0.6 is 0 Å². The highest BCUT2D eigenvalue weighted by Gasteiger charge is 2.04. The lowest BCUT2D eigenvalue weighted by Gasteiger charge is -2.03. The minimum Gasteiger partial charge on any atom is -0.481 e. The summed E-state index contributed by atoms with van der Waals surface area (Å²) in [5, 5.41) is 0. The predicted octanol–water partition coefficient (Wildman–Crippen LogP) is 1.60. The van der Waals surface area contributed by atoms with E-state index in [9.17, 15) is 4.79 Å². The molecular formula is C9H11NO2. The first-order valence-electron chi connectivity index (χ1n) is 3.67. The van der Waals surface area contributed by atoms with Gasteiger partial charge in [-0.3, -0.25) is 4.79 Å². The standard InChI is InChI=1S/C9H11NO2/c1-6-4-5-8(7(2)11)10-9(6)12-3/h4-5H,1-3H3. The average Bonchev–Trinajstić information content (AvgIpc) is 2.05. The first kappa shape index (κ1) is 8.71. The molecule has 0 saturated carbocycles. The van der Waals surface area contributed by atoms with E-state index in [1.807, 2.05) is 13.0 Å². The molecule has 0 aliphatic rings. The van der Waals surface area contributed by atoms with Crippen LogP contribution in [0.1, 0.15) is 23.0 Å². The van der Waals surface area contributed by atoms with Gasteiger partial charge in [-0.15, -0.1) is 0 Å². The highest BCUT2D eigenvalue weighted by atomic mass is 16.5. The largest absolute Gasteiger partial charge is 0.481 e. The van der Waals surface area contributed by atoms with Gasteiger partial charge in [0, 0.05) is 12.5 Å². The number of hydrogen-bond acceptors (Lipinski definition) is 3. The number of aromatic nitrogens is 1.